The first-order chi connectivity index (χ1) is 9.11. The van der Waals surface area contributed by atoms with Crippen LogP contribution < -0.4 is 5.32 Å². The molecule has 4 nitrogen and oxygen atoms in total. The first kappa shape index (κ1) is 14.0. The van der Waals surface area contributed by atoms with Gasteiger partial charge in [0.1, 0.15) is 0 Å². The van der Waals surface area contributed by atoms with E-state index in [0.717, 1.165) is 16.2 Å². The van der Waals surface area contributed by atoms with Crippen LogP contribution in [0.5, 0.6) is 0 Å². The molecule has 1 N–H and O–H groups in total. The largest absolute Gasteiger partial charge is 0.352 e. The molecule has 0 unspecified atom stereocenters. The molecule has 6 heteroatoms. The first-order valence-corrected chi connectivity index (χ1v) is 7.10. The molecule has 2 rings (SSSR count). The van der Waals surface area contributed by atoms with Crippen molar-refractivity contribution in [2.45, 2.75) is 5.16 Å². The van der Waals surface area contributed by atoms with Crippen LogP contribution in [0.15, 0.2) is 36.0 Å². The van der Waals surface area contributed by atoms with E-state index in [1.54, 1.807) is 6.08 Å². The Hall–Kier alpha value is -1.46. The lowest BCUT2D eigenvalue weighted by molar-refractivity contribution is -0.118. The van der Waals surface area contributed by atoms with Crippen LogP contribution in [0.2, 0.25) is 5.02 Å². The third kappa shape index (κ3) is 3.30. The van der Waals surface area contributed by atoms with E-state index in [-0.39, 0.29) is 5.91 Å². The highest BCUT2D eigenvalue weighted by atomic mass is 35.5. The second kappa shape index (κ2) is 6.12. The summed E-state index contributed by atoms with van der Waals surface area (Å²) in [4.78, 5) is 16.0. The molecule has 0 saturated carbocycles. The van der Waals surface area contributed by atoms with Crippen LogP contribution in [0.25, 0.3) is 11.0 Å². The van der Waals surface area contributed by atoms with Crippen LogP contribution in [0.1, 0.15) is 0 Å². The zero-order valence-corrected chi connectivity index (χ0v) is 12.1. The average Bonchev–Trinajstić information content (AvgIpc) is 2.70. The number of benzene rings is 1. The van der Waals surface area contributed by atoms with Gasteiger partial charge in [0, 0.05) is 18.6 Å². The summed E-state index contributed by atoms with van der Waals surface area (Å²) in [6.07, 6.45) is 1.65. The van der Waals surface area contributed by atoms with Gasteiger partial charge in [-0.2, -0.15) is 0 Å². The van der Waals surface area contributed by atoms with Gasteiger partial charge in [-0.1, -0.05) is 29.4 Å². The molecule has 0 spiro atoms. The van der Waals surface area contributed by atoms with Crippen LogP contribution in [-0.2, 0) is 11.8 Å². The zero-order chi connectivity index (χ0) is 13.8. The highest BCUT2D eigenvalue weighted by molar-refractivity contribution is 7.99. The number of carbonyl (C=O) groups excluding carboxylic acids is 1. The third-order valence-electron chi connectivity index (χ3n) is 2.58. The Labute approximate surface area is 120 Å². The molecule has 0 fully saturated rings. The van der Waals surface area contributed by atoms with Crippen molar-refractivity contribution in [2.24, 2.45) is 7.05 Å². The number of amides is 1. The number of fused-ring (bicyclic) bond motifs is 1. The van der Waals surface area contributed by atoms with Crippen molar-refractivity contribution in [3.63, 3.8) is 0 Å². The second-order valence-electron chi connectivity index (χ2n) is 3.97. The third-order valence-corrected chi connectivity index (χ3v) is 3.84. The molecule has 0 aliphatic carbocycles. The van der Waals surface area contributed by atoms with Gasteiger partial charge < -0.3 is 9.88 Å². The summed E-state index contributed by atoms with van der Waals surface area (Å²) >= 11 is 7.34. The van der Waals surface area contributed by atoms with E-state index in [1.165, 1.54) is 11.8 Å². The van der Waals surface area contributed by atoms with E-state index in [4.69, 9.17) is 11.6 Å². The fourth-order valence-corrected chi connectivity index (χ4v) is 2.63. The lowest BCUT2D eigenvalue weighted by atomic mass is 10.3. The Bertz CT molecular complexity index is 624. The Balaban J connectivity index is 2.10. The van der Waals surface area contributed by atoms with Gasteiger partial charge in [-0.15, -0.1) is 6.58 Å². The molecule has 2 aromatic rings. The van der Waals surface area contributed by atoms with E-state index < -0.39 is 0 Å². The van der Waals surface area contributed by atoms with Crippen LogP contribution in [-0.4, -0.2) is 27.8 Å². The molecule has 1 heterocycles. The van der Waals surface area contributed by atoms with Gasteiger partial charge in [-0.25, -0.2) is 4.98 Å². The highest BCUT2D eigenvalue weighted by Gasteiger charge is 2.10. The molecule has 0 bridgehead atoms. The number of aryl methyl sites for hydroxylation is 1. The lowest BCUT2D eigenvalue weighted by Gasteiger charge is -2.02. The van der Waals surface area contributed by atoms with Gasteiger partial charge >= 0.3 is 0 Å². The minimum absolute atomic E-state index is 0.0324. The molecule has 0 saturated heterocycles. The molecule has 19 heavy (non-hydrogen) atoms. The Morgan fingerprint density at radius 1 is 1.63 bits per heavy atom. The maximum atomic E-state index is 11.5. The van der Waals surface area contributed by atoms with Gasteiger partial charge in [0.15, 0.2) is 5.16 Å². The zero-order valence-electron chi connectivity index (χ0n) is 10.5. The predicted molar refractivity (Wildman–Crippen MR) is 79.7 cm³/mol. The van der Waals surface area contributed by atoms with Crippen molar-refractivity contribution in [1.82, 2.24) is 14.9 Å². The summed E-state index contributed by atoms with van der Waals surface area (Å²) in [5, 5.41) is 4.18. The monoisotopic (exact) mass is 295 g/mol. The fraction of sp³-hybridized carbons (Fsp3) is 0.231. The lowest BCUT2D eigenvalue weighted by Crippen LogP contribution is -2.25. The summed E-state index contributed by atoms with van der Waals surface area (Å²) < 4.78 is 1.96. The van der Waals surface area contributed by atoms with E-state index in [9.17, 15) is 4.79 Å². The quantitative estimate of drug-likeness (QED) is 0.681. The average molecular weight is 296 g/mol. The molecule has 0 aliphatic rings. The Morgan fingerprint density at radius 3 is 3.16 bits per heavy atom. The topological polar surface area (TPSA) is 46.9 Å². The van der Waals surface area contributed by atoms with E-state index in [0.29, 0.717) is 17.3 Å². The molecular weight excluding hydrogens is 282 g/mol. The van der Waals surface area contributed by atoms with Crippen molar-refractivity contribution in [3.8, 4) is 0 Å². The molecule has 0 atom stereocenters. The number of hydrogen-bond donors (Lipinski definition) is 1. The predicted octanol–water partition coefficient (Wildman–Crippen LogP) is 2.62. The number of halogens is 1. The van der Waals surface area contributed by atoms with Gasteiger partial charge in [0.05, 0.1) is 16.8 Å². The standard InChI is InChI=1S/C13H14ClN3OS/c1-3-6-15-12(18)8-19-13-16-10-7-9(14)4-5-11(10)17(13)2/h3-5,7H,1,6,8H2,2H3,(H,15,18). The van der Waals surface area contributed by atoms with Gasteiger partial charge in [0.25, 0.3) is 0 Å². The van der Waals surface area contributed by atoms with E-state index >= 15 is 0 Å². The number of nitrogens with zero attached hydrogens (tertiary/aromatic N) is 2. The molecular formula is C13H14ClN3OS. The smallest absolute Gasteiger partial charge is 0.230 e. The van der Waals surface area contributed by atoms with Crippen LogP contribution in [0.4, 0.5) is 0 Å². The molecule has 1 amide bonds. The summed E-state index contributed by atoms with van der Waals surface area (Å²) in [5.41, 5.74) is 1.84. The Kier molecular flexibility index (Phi) is 4.50. The summed E-state index contributed by atoms with van der Waals surface area (Å²) in [6, 6.07) is 5.57. The van der Waals surface area contributed by atoms with E-state index in [1.807, 2.05) is 29.8 Å². The van der Waals surface area contributed by atoms with Gasteiger partial charge in [-0.3, -0.25) is 4.79 Å². The van der Waals surface area contributed by atoms with Crippen molar-refractivity contribution in [3.05, 3.63) is 35.9 Å². The van der Waals surface area contributed by atoms with Crippen molar-refractivity contribution >= 4 is 40.3 Å². The minimum Gasteiger partial charge on any atom is -0.352 e. The van der Waals surface area contributed by atoms with Crippen molar-refractivity contribution in [1.29, 1.82) is 0 Å². The van der Waals surface area contributed by atoms with Crippen LogP contribution in [0, 0.1) is 0 Å². The number of thioether (sulfide) groups is 1. The summed E-state index contributed by atoms with van der Waals surface area (Å²) in [7, 11) is 1.92. The van der Waals surface area contributed by atoms with Gasteiger partial charge in [0.2, 0.25) is 5.91 Å². The number of aromatic nitrogens is 2. The molecule has 0 aliphatic heterocycles. The molecule has 1 aromatic carbocycles. The highest BCUT2D eigenvalue weighted by Crippen LogP contribution is 2.24. The molecule has 0 radical (unpaired) electrons. The first-order valence-electron chi connectivity index (χ1n) is 5.74. The van der Waals surface area contributed by atoms with Gasteiger partial charge in [-0.05, 0) is 18.2 Å². The molecule has 100 valence electrons. The number of carbonyl (C=O) groups is 1. The SMILES string of the molecule is C=CCNC(=O)CSc1nc2cc(Cl)ccc2n1C. The van der Waals surface area contributed by atoms with Crippen molar-refractivity contribution in [2.75, 3.05) is 12.3 Å². The summed E-state index contributed by atoms with van der Waals surface area (Å²) in [5.74, 6) is 0.300. The second-order valence-corrected chi connectivity index (χ2v) is 5.35. The van der Waals surface area contributed by atoms with Crippen LogP contribution >= 0.6 is 23.4 Å². The maximum Gasteiger partial charge on any atom is 0.230 e. The van der Waals surface area contributed by atoms with Crippen molar-refractivity contribution < 1.29 is 4.79 Å². The number of hydrogen-bond acceptors (Lipinski definition) is 3. The minimum atomic E-state index is -0.0324. The van der Waals surface area contributed by atoms with E-state index in [2.05, 4.69) is 16.9 Å². The normalized spacial score (nSPS) is 10.6. The molecule has 1 aromatic heterocycles. The summed E-state index contributed by atoms with van der Waals surface area (Å²) in [6.45, 7) is 4.04. The number of imidazole rings is 1. The number of nitrogens with one attached hydrogen (secondary N) is 1. The number of rotatable bonds is 5. The maximum absolute atomic E-state index is 11.5. The Morgan fingerprint density at radius 2 is 2.42 bits per heavy atom. The van der Waals surface area contributed by atoms with Crippen LogP contribution in [0.3, 0.4) is 0 Å². The fourth-order valence-electron chi connectivity index (χ4n) is 1.65.